The molecule has 2 fully saturated rings. The average molecular weight is 943 g/mol. The van der Waals surface area contributed by atoms with Gasteiger partial charge >= 0.3 is 6.61 Å². The Kier molecular flexibility index (Phi) is 15.0. The number of benzene rings is 4. The minimum absolute atomic E-state index is 0.0520. The van der Waals surface area contributed by atoms with Gasteiger partial charge in [0.05, 0.1) is 35.6 Å². The molecular formula is C56H60F2N10O2. The number of nitrogen functional groups attached to an aromatic ring is 2. The Morgan fingerprint density at radius 1 is 0.514 bits per heavy atom. The van der Waals surface area contributed by atoms with Gasteiger partial charge in [-0.1, -0.05) is 121 Å². The molecule has 4 aromatic carbocycles. The Morgan fingerprint density at radius 3 is 1.33 bits per heavy atom. The fourth-order valence-electron chi connectivity index (χ4n) is 9.60. The van der Waals surface area contributed by atoms with Crippen molar-refractivity contribution in [1.82, 2.24) is 29.5 Å². The Labute approximate surface area is 408 Å². The van der Waals surface area contributed by atoms with Gasteiger partial charge in [0.25, 0.3) is 0 Å². The first-order valence-corrected chi connectivity index (χ1v) is 24.1. The van der Waals surface area contributed by atoms with Crippen molar-refractivity contribution in [2.45, 2.75) is 76.2 Å². The highest BCUT2D eigenvalue weighted by Gasteiger charge is 2.29. The van der Waals surface area contributed by atoms with Gasteiger partial charge in [-0.15, -0.1) is 0 Å². The average Bonchev–Trinajstić information content (AvgIpc) is 3.97. The van der Waals surface area contributed by atoms with E-state index in [0.29, 0.717) is 23.4 Å². The van der Waals surface area contributed by atoms with Crippen LogP contribution in [-0.2, 0) is 0 Å². The number of rotatable bonds is 14. The van der Waals surface area contributed by atoms with Gasteiger partial charge in [0.15, 0.2) is 0 Å². The molecule has 70 heavy (non-hydrogen) atoms. The number of pyridine rings is 2. The zero-order valence-corrected chi connectivity index (χ0v) is 39.6. The summed E-state index contributed by atoms with van der Waals surface area (Å²) in [6.07, 6.45) is 7.23. The molecule has 4 N–H and O–H groups in total. The second-order valence-electron chi connectivity index (χ2n) is 18.1. The molecule has 8 aromatic rings. The van der Waals surface area contributed by atoms with Crippen molar-refractivity contribution in [3.05, 3.63) is 204 Å². The highest BCUT2D eigenvalue weighted by Crippen LogP contribution is 2.36. The first kappa shape index (κ1) is 47.3. The van der Waals surface area contributed by atoms with E-state index in [1.165, 1.54) is 23.4 Å². The third-order valence-electron chi connectivity index (χ3n) is 13.1. The molecule has 0 unspecified atom stereocenters. The number of ether oxygens (including phenoxy) is 2. The molecule has 12 nitrogen and oxygen atoms in total. The number of hydrogen-bond donors (Lipinski definition) is 2. The molecule has 2 saturated heterocycles. The third kappa shape index (κ3) is 11.4. The topological polar surface area (TPSA) is 138 Å². The zero-order chi connectivity index (χ0) is 48.4. The Morgan fingerprint density at radius 2 is 0.957 bits per heavy atom. The Hall–Kier alpha value is -7.74. The number of piperidine rings is 2. The fraction of sp³-hybridized carbons (Fsp3) is 0.286. The number of aromatic nitrogens is 6. The smallest absolute Gasteiger partial charge is 0.387 e. The quantitative estimate of drug-likeness (QED) is 0.108. The Bertz CT molecular complexity index is 2560. The second-order valence-corrected chi connectivity index (χ2v) is 18.1. The van der Waals surface area contributed by atoms with Crippen molar-refractivity contribution >= 4 is 23.1 Å². The number of hydrogen-bond acceptors (Lipinski definition) is 10. The largest absolute Gasteiger partial charge is 0.475 e. The van der Waals surface area contributed by atoms with E-state index in [-0.39, 0.29) is 29.9 Å². The summed E-state index contributed by atoms with van der Waals surface area (Å²) in [5.41, 5.74) is 20.9. The Balaban J connectivity index is 0.000000174. The molecule has 0 spiro atoms. The maximum Gasteiger partial charge on any atom is 0.387 e. The SMILES string of the molecule is CC(C)Oc1ccc(N2CCC(c3cc(N)n(C(c4ccccc4)c4ccccc4)n3)CC2)cn1.Nc1cc(C2CCN(c3ccc(OC(F)F)cn3)CC2)nn1C(c1ccccc1)c1ccccc1. The summed E-state index contributed by atoms with van der Waals surface area (Å²) in [5, 5.41) is 10.1. The van der Waals surface area contributed by atoms with Crippen LogP contribution in [0.2, 0.25) is 0 Å². The van der Waals surface area contributed by atoms with E-state index in [9.17, 15) is 8.78 Å². The molecule has 0 aliphatic carbocycles. The van der Waals surface area contributed by atoms with Gasteiger partial charge in [-0.05, 0) is 80.0 Å². The number of alkyl halides is 2. The summed E-state index contributed by atoms with van der Waals surface area (Å²) in [4.78, 5) is 13.3. The predicted octanol–water partition coefficient (Wildman–Crippen LogP) is 11.2. The van der Waals surface area contributed by atoms with E-state index in [1.54, 1.807) is 6.07 Å². The maximum absolute atomic E-state index is 12.4. The molecule has 6 heterocycles. The number of nitrogens with two attached hydrogens (primary N) is 2. The van der Waals surface area contributed by atoms with Crippen molar-refractivity contribution in [3.63, 3.8) is 0 Å². The summed E-state index contributed by atoms with van der Waals surface area (Å²) in [6, 6.07) is 52.6. The lowest BCUT2D eigenvalue weighted by molar-refractivity contribution is -0.0500. The highest BCUT2D eigenvalue weighted by molar-refractivity contribution is 5.47. The van der Waals surface area contributed by atoms with Gasteiger partial charge in [0.2, 0.25) is 5.88 Å². The molecule has 14 heteroatoms. The summed E-state index contributed by atoms with van der Waals surface area (Å²) in [6.45, 7) is 4.68. The van der Waals surface area contributed by atoms with Gasteiger partial charge in [0.1, 0.15) is 35.3 Å². The van der Waals surface area contributed by atoms with Crippen LogP contribution in [0.4, 0.5) is 31.9 Å². The van der Waals surface area contributed by atoms with Gasteiger partial charge < -0.3 is 30.7 Å². The molecule has 360 valence electrons. The van der Waals surface area contributed by atoms with E-state index in [2.05, 4.69) is 109 Å². The van der Waals surface area contributed by atoms with E-state index in [1.807, 2.05) is 90.1 Å². The lowest BCUT2D eigenvalue weighted by Gasteiger charge is -2.32. The highest BCUT2D eigenvalue weighted by atomic mass is 19.3. The predicted molar refractivity (Wildman–Crippen MR) is 273 cm³/mol. The van der Waals surface area contributed by atoms with Crippen molar-refractivity contribution in [2.75, 3.05) is 47.4 Å². The van der Waals surface area contributed by atoms with Gasteiger partial charge in [0, 0.05) is 56.2 Å². The van der Waals surface area contributed by atoms with Crippen LogP contribution in [0.5, 0.6) is 11.6 Å². The second kappa shape index (κ2) is 22.1. The van der Waals surface area contributed by atoms with Gasteiger partial charge in [-0.2, -0.15) is 19.0 Å². The molecule has 0 bridgehead atoms. The monoisotopic (exact) mass is 942 g/mol. The summed E-state index contributed by atoms with van der Waals surface area (Å²) in [7, 11) is 0. The fourth-order valence-corrected chi connectivity index (χ4v) is 9.60. The molecule has 0 amide bonds. The first-order chi connectivity index (χ1) is 34.2. The van der Waals surface area contributed by atoms with Crippen LogP contribution in [0, 0.1) is 0 Å². The molecular weight excluding hydrogens is 883 g/mol. The standard InChI is InChI=1S/C29H33N5O.C27H27F2N5O/c1-21(2)35-28-14-13-25(20-31-28)33-17-15-22(16-18-33)26-19-27(30)34(32-26)29(23-9-5-3-6-10-23)24-11-7-4-8-12-24;28-27(29)35-22-11-12-25(31-18-22)33-15-13-19(14-16-33)23-17-24(30)34(32-23)26(20-7-3-1-4-8-20)21-9-5-2-6-10-21/h3-14,19-22,29H,15-18,30H2,1-2H3;1-12,17-19,26-27H,13-16,30H2. The molecule has 2 aliphatic heterocycles. The first-order valence-electron chi connectivity index (χ1n) is 24.1. The molecule has 0 saturated carbocycles. The summed E-state index contributed by atoms with van der Waals surface area (Å²) >= 11 is 0. The van der Waals surface area contributed by atoms with Crippen molar-refractivity contribution in [2.24, 2.45) is 0 Å². The van der Waals surface area contributed by atoms with Gasteiger partial charge in [-0.3, -0.25) is 0 Å². The number of halogens is 2. The molecule has 2 aliphatic rings. The lowest BCUT2D eigenvalue weighted by Crippen LogP contribution is -2.33. The van der Waals surface area contributed by atoms with Gasteiger partial charge in [-0.25, -0.2) is 19.3 Å². The minimum atomic E-state index is -2.85. The zero-order valence-electron chi connectivity index (χ0n) is 39.6. The van der Waals surface area contributed by atoms with Crippen LogP contribution in [0.15, 0.2) is 170 Å². The minimum Gasteiger partial charge on any atom is -0.475 e. The van der Waals surface area contributed by atoms with Crippen LogP contribution in [0.1, 0.15) is 97.1 Å². The van der Waals surface area contributed by atoms with Crippen LogP contribution in [0.3, 0.4) is 0 Å². The molecule has 4 aromatic heterocycles. The van der Waals surface area contributed by atoms with E-state index < -0.39 is 6.61 Å². The van der Waals surface area contributed by atoms with Crippen molar-refractivity contribution in [1.29, 1.82) is 0 Å². The van der Waals surface area contributed by atoms with Crippen molar-refractivity contribution < 1.29 is 18.3 Å². The molecule has 0 atom stereocenters. The number of nitrogens with zero attached hydrogens (tertiary/aromatic N) is 8. The molecule has 10 rings (SSSR count). The maximum atomic E-state index is 12.4. The van der Waals surface area contributed by atoms with Crippen molar-refractivity contribution in [3.8, 4) is 11.6 Å². The molecule has 0 radical (unpaired) electrons. The van der Waals surface area contributed by atoms with Crippen LogP contribution in [-0.4, -0.2) is 68.4 Å². The number of anilines is 4. The van der Waals surface area contributed by atoms with E-state index in [0.717, 1.165) is 85.9 Å². The van der Waals surface area contributed by atoms with Crippen LogP contribution in [0.25, 0.3) is 0 Å². The summed E-state index contributed by atoms with van der Waals surface area (Å²) in [5.74, 6) is 3.49. The lowest BCUT2D eigenvalue weighted by atomic mass is 9.93. The van der Waals surface area contributed by atoms with E-state index >= 15 is 0 Å². The van der Waals surface area contributed by atoms with Crippen LogP contribution >= 0.6 is 0 Å². The van der Waals surface area contributed by atoms with E-state index in [4.69, 9.17) is 26.4 Å². The third-order valence-corrected chi connectivity index (χ3v) is 13.1. The summed E-state index contributed by atoms with van der Waals surface area (Å²) < 4.78 is 38.7. The normalized spacial score (nSPS) is 14.6. The van der Waals surface area contributed by atoms with Crippen LogP contribution < -0.4 is 30.7 Å².